The van der Waals surface area contributed by atoms with Crippen LogP contribution < -0.4 is 0 Å². The van der Waals surface area contributed by atoms with Gasteiger partial charge in [-0.3, -0.25) is 0 Å². The van der Waals surface area contributed by atoms with Gasteiger partial charge >= 0.3 is 0 Å². The molecule has 1 aliphatic heterocycles. The number of piperidine rings is 1. The summed E-state index contributed by atoms with van der Waals surface area (Å²) in [4.78, 5) is 0. The van der Waals surface area contributed by atoms with Crippen molar-refractivity contribution in [2.75, 3.05) is 13.1 Å². The molecular formula is C5H7F2I2N. The Morgan fingerprint density at radius 1 is 1.50 bits per heavy atom. The van der Waals surface area contributed by atoms with E-state index in [-0.39, 0.29) is 6.42 Å². The second-order valence-corrected chi connectivity index (χ2v) is 5.22. The van der Waals surface area contributed by atoms with Gasteiger partial charge in [-0.05, 0) is 0 Å². The lowest BCUT2D eigenvalue weighted by atomic mass is 10.1. The van der Waals surface area contributed by atoms with Gasteiger partial charge in [0.05, 0.1) is 3.92 Å². The van der Waals surface area contributed by atoms with E-state index in [1.807, 2.05) is 25.7 Å². The number of hydrogen-bond donors (Lipinski definition) is 0. The van der Waals surface area contributed by atoms with Crippen molar-refractivity contribution in [2.24, 2.45) is 0 Å². The molecular weight excluding hydrogens is 366 g/mol. The summed E-state index contributed by atoms with van der Waals surface area (Å²) in [5.74, 6) is -2.44. The third kappa shape index (κ3) is 2.13. The molecule has 0 aromatic heterocycles. The van der Waals surface area contributed by atoms with Crippen LogP contribution >= 0.6 is 45.5 Å². The van der Waals surface area contributed by atoms with Crippen molar-refractivity contribution in [2.45, 2.75) is 16.3 Å². The number of rotatable bonds is 0. The van der Waals surface area contributed by atoms with Crippen LogP contribution in [0.4, 0.5) is 8.78 Å². The average molecular weight is 373 g/mol. The Bertz CT molecular complexity index is 131. The Morgan fingerprint density at radius 3 is 2.50 bits per heavy atom. The van der Waals surface area contributed by atoms with Crippen LogP contribution in [0.25, 0.3) is 0 Å². The maximum atomic E-state index is 12.7. The molecule has 0 spiro atoms. The lowest BCUT2D eigenvalue weighted by Crippen LogP contribution is -2.43. The molecule has 1 fully saturated rings. The molecule has 1 rings (SSSR count). The highest BCUT2D eigenvalue weighted by Gasteiger charge is 2.41. The summed E-state index contributed by atoms with van der Waals surface area (Å²) >= 11 is 3.90. The van der Waals surface area contributed by atoms with Crippen LogP contribution in [0.5, 0.6) is 0 Å². The van der Waals surface area contributed by atoms with E-state index in [9.17, 15) is 8.78 Å². The number of alkyl halides is 3. The Hall–Kier alpha value is 1.28. The first-order valence-electron chi connectivity index (χ1n) is 2.95. The van der Waals surface area contributed by atoms with Gasteiger partial charge in [0, 0.05) is 42.4 Å². The summed E-state index contributed by atoms with van der Waals surface area (Å²) < 4.78 is 26.9. The van der Waals surface area contributed by atoms with Gasteiger partial charge in [-0.25, -0.2) is 11.9 Å². The van der Waals surface area contributed by atoms with Gasteiger partial charge in [-0.2, -0.15) is 0 Å². The maximum absolute atomic E-state index is 12.7. The molecule has 10 heavy (non-hydrogen) atoms. The minimum Gasteiger partial charge on any atom is -0.246 e. The molecule has 5 heteroatoms. The molecule has 0 aliphatic carbocycles. The fourth-order valence-corrected chi connectivity index (χ4v) is 3.00. The van der Waals surface area contributed by atoms with E-state index in [2.05, 4.69) is 22.9 Å². The molecule has 1 nitrogen and oxygen atoms in total. The minimum absolute atomic E-state index is 0.00352. The predicted octanol–water partition coefficient (Wildman–Crippen LogP) is 2.48. The first-order valence-corrected chi connectivity index (χ1v) is 5.16. The highest BCUT2D eigenvalue weighted by molar-refractivity contribution is 14.1. The highest BCUT2D eigenvalue weighted by Crippen LogP contribution is 2.34. The van der Waals surface area contributed by atoms with Gasteiger partial charge < -0.3 is 0 Å². The zero-order valence-corrected chi connectivity index (χ0v) is 9.47. The van der Waals surface area contributed by atoms with Crippen LogP contribution in [0.3, 0.4) is 0 Å². The Morgan fingerprint density at radius 2 is 2.10 bits per heavy atom. The Labute approximate surface area is 86.2 Å². The molecule has 0 N–H and O–H groups in total. The molecule has 0 bridgehead atoms. The SMILES string of the molecule is FC1(F)CCN(I)C[C@H]1I. The molecule has 1 atom stereocenters. The second-order valence-electron chi connectivity index (χ2n) is 2.35. The van der Waals surface area contributed by atoms with Crippen LogP contribution in [0.2, 0.25) is 0 Å². The normalized spacial score (nSPS) is 34.2. The highest BCUT2D eigenvalue weighted by atomic mass is 127. The van der Waals surface area contributed by atoms with Crippen LogP contribution in [0.15, 0.2) is 0 Å². The van der Waals surface area contributed by atoms with E-state index in [1.165, 1.54) is 0 Å². The van der Waals surface area contributed by atoms with Crippen LogP contribution in [0.1, 0.15) is 6.42 Å². The molecule has 0 unspecified atom stereocenters. The molecule has 1 heterocycles. The van der Waals surface area contributed by atoms with Crippen LogP contribution in [-0.2, 0) is 0 Å². The van der Waals surface area contributed by atoms with Gasteiger partial charge in [0.2, 0.25) is 0 Å². The van der Waals surface area contributed by atoms with Crippen molar-refractivity contribution >= 4 is 45.5 Å². The topological polar surface area (TPSA) is 3.24 Å². The smallest absolute Gasteiger partial charge is 0.246 e. The molecule has 1 aliphatic rings. The first-order chi connectivity index (χ1) is 4.52. The lowest BCUT2D eigenvalue weighted by Gasteiger charge is -2.31. The third-order valence-corrected chi connectivity index (χ3v) is 3.69. The number of halogens is 4. The standard InChI is InChI=1S/C5H7F2I2N/c6-5(7)1-2-10(9)3-4(5)8/h4H,1-3H2/t4-/m1/s1. The molecule has 0 radical (unpaired) electrons. The summed E-state index contributed by atoms with van der Waals surface area (Å²) in [6, 6.07) is 0. The molecule has 0 saturated carbocycles. The summed E-state index contributed by atoms with van der Waals surface area (Å²) in [7, 11) is 0. The number of hydrogen-bond acceptors (Lipinski definition) is 1. The van der Waals surface area contributed by atoms with Crippen molar-refractivity contribution in [3.63, 3.8) is 0 Å². The fourth-order valence-electron chi connectivity index (χ4n) is 0.826. The van der Waals surface area contributed by atoms with Crippen molar-refractivity contribution in [1.82, 2.24) is 3.11 Å². The van der Waals surface area contributed by atoms with Gasteiger partial charge in [-0.15, -0.1) is 0 Å². The van der Waals surface area contributed by atoms with Gasteiger partial charge in [0.15, 0.2) is 0 Å². The van der Waals surface area contributed by atoms with E-state index in [0.29, 0.717) is 13.1 Å². The average Bonchev–Trinajstić information content (AvgIpc) is 1.81. The Kier molecular flexibility index (Phi) is 3.13. The predicted molar refractivity (Wildman–Crippen MR) is 53.0 cm³/mol. The Balaban J connectivity index is 2.52. The monoisotopic (exact) mass is 373 g/mol. The molecule has 1 saturated heterocycles. The zero-order valence-electron chi connectivity index (χ0n) is 5.16. The van der Waals surface area contributed by atoms with E-state index in [4.69, 9.17) is 0 Å². The first kappa shape index (κ1) is 9.37. The van der Waals surface area contributed by atoms with Crippen LogP contribution in [-0.4, -0.2) is 26.0 Å². The van der Waals surface area contributed by atoms with E-state index in [0.717, 1.165) is 0 Å². The molecule has 60 valence electrons. The van der Waals surface area contributed by atoms with Crippen molar-refractivity contribution in [3.8, 4) is 0 Å². The van der Waals surface area contributed by atoms with Crippen LogP contribution in [0, 0.1) is 0 Å². The summed E-state index contributed by atoms with van der Waals surface area (Å²) in [5, 5.41) is 0. The van der Waals surface area contributed by atoms with Gasteiger partial charge in [-0.1, -0.05) is 22.6 Å². The third-order valence-electron chi connectivity index (χ3n) is 1.50. The minimum atomic E-state index is -2.44. The summed E-state index contributed by atoms with van der Waals surface area (Å²) in [6.45, 7) is 1.00. The van der Waals surface area contributed by atoms with Crippen molar-refractivity contribution in [3.05, 3.63) is 0 Å². The van der Waals surface area contributed by atoms with Crippen molar-refractivity contribution < 1.29 is 8.78 Å². The van der Waals surface area contributed by atoms with Crippen molar-refractivity contribution in [1.29, 1.82) is 0 Å². The largest absolute Gasteiger partial charge is 0.262 e. The van der Waals surface area contributed by atoms with E-state index >= 15 is 0 Å². The van der Waals surface area contributed by atoms with Gasteiger partial charge in [0.1, 0.15) is 0 Å². The second kappa shape index (κ2) is 3.34. The maximum Gasteiger partial charge on any atom is 0.262 e. The lowest BCUT2D eigenvalue weighted by molar-refractivity contribution is -0.0259. The molecule has 0 aromatic carbocycles. The van der Waals surface area contributed by atoms with E-state index in [1.54, 1.807) is 0 Å². The number of nitrogens with zero attached hydrogens (tertiary/aromatic N) is 1. The zero-order chi connectivity index (χ0) is 7.78. The van der Waals surface area contributed by atoms with E-state index < -0.39 is 9.85 Å². The quantitative estimate of drug-likeness (QED) is 0.359. The molecule has 0 aromatic rings. The summed E-state index contributed by atoms with van der Waals surface area (Å²) in [5.41, 5.74) is 0. The summed E-state index contributed by atoms with van der Waals surface area (Å²) in [6.07, 6.45) is 0.00352. The fraction of sp³-hybridized carbons (Fsp3) is 1.00. The molecule has 0 amide bonds. The van der Waals surface area contributed by atoms with Gasteiger partial charge in [0.25, 0.3) is 5.92 Å².